The lowest BCUT2D eigenvalue weighted by atomic mass is 10.0. The zero-order chi connectivity index (χ0) is 21.5. The van der Waals surface area contributed by atoms with E-state index in [4.69, 9.17) is 4.74 Å². The van der Waals surface area contributed by atoms with Crippen LogP contribution < -0.4 is 10.1 Å². The second kappa shape index (κ2) is 7.53. The van der Waals surface area contributed by atoms with Gasteiger partial charge in [-0.1, -0.05) is 0 Å². The van der Waals surface area contributed by atoms with Crippen molar-refractivity contribution in [1.29, 1.82) is 0 Å². The summed E-state index contributed by atoms with van der Waals surface area (Å²) >= 11 is 0. The van der Waals surface area contributed by atoms with Gasteiger partial charge in [-0.25, -0.2) is 0 Å². The van der Waals surface area contributed by atoms with Crippen molar-refractivity contribution in [1.82, 2.24) is 15.2 Å². The first-order valence-electron chi connectivity index (χ1n) is 9.99. The van der Waals surface area contributed by atoms with Gasteiger partial charge in [0, 0.05) is 67.5 Å². The van der Waals surface area contributed by atoms with Crippen LogP contribution in [-0.4, -0.2) is 51.9 Å². The van der Waals surface area contributed by atoms with Crippen LogP contribution in [0, 0.1) is 10.1 Å². The Kier molecular flexibility index (Phi) is 4.68. The van der Waals surface area contributed by atoms with E-state index < -0.39 is 4.92 Å². The average Bonchev–Trinajstić information content (AvgIpc) is 3.32. The predicted molar refractivity (Wildman–Crippen MR) is 114 cm³/mol. The molecular weight excluding hydrogens is 400 g/mol. The fourth-order valence-corrected chi connectivity index (χ4v) is 4.05. The molecule has 1 saturated heterocycles. The number of phenols is 1. The maximum absolute atomic E-state index is 13.0. The molecular formula is C22H20N4O5. The average molecular weight is 420 g/mol. The monoisotopic (exact) mass is 420 g/mol. The predicted octanol–water partition coefficient (Wildman–Crippen LogP) is 2.80. The maximum Gasteiger partial charge on any atom is 0.270 e. The van der Waals surface area contributed by atoms with E-state index in [1.54, 1.807) is 24.4 Å². The van der Waals surface area contributed by atoms with Crippen LogP contribution >= 0.6 is 0 Å². The van der Waals surface area contributed by atoms with Crippen molar-refractivity contribution in [2.24, 2.45) is 0 Å². The van der Waals surface area contributed by atoms with Crippen LogP contribution in [0.2, 0.25) is 0 Å². The number of carbonyl (C=O) groups excluding carboxylic acids is 1. The van der Waals surface area contributed by atoms with Gasteiger partial charge in [-0.15, -0.1) is 0 Å². The molecule has 9 nitrogen and oxygen atoms in total. The van der Waals surface area contributed by atoms with E-state index in [-0.39, 0.29) is 23.0 Å². The second-order valence-corrected chi connectivity index (χ2v) is 7.64. The molecule has 3 aromatic rings. The molecule has 5 rings (SSSR count). The summed E-state index contributed by atoms with van der Waals surface area (Å²) in [5, 5.41) is 25.5. The Balaban J connectivity index is 1.50. The third-order valence-electron chi connectivity index (χ3n) is 5.70. The molecule has 0 radical (unpaired) electrons. The van der Waals surface area contributed by atoms with Crippen LogP contribution in [0.1, 0.15) is 21.5 Å². The first-order chi connectivity index (χ1) is 15.0. The van der Waals surface area contributed by atoms with Crippen molar-refractivity contribution in [3.05, 3.63) is 69.1 Å². The Morgan fingerprint density at radius 3 is 2.81 bits per heavy atom. The Morgan fingerprint density at radius 2 is 2.03 bits per heavy atom. The number of hydrogen-bond acceptors (Lipinski definition) is 7. The number of non-ortho nitro benzene ring substituents is 1. The van der Waals surface area contributed by atoms with Crippen LogP contribution in [0.25, 0.3) is 17.0 Å². The number of aromatic nitrogens is 1. The lowest BCUT2D eigenvalue weighted by Crippen LogP contribution is -2.42. The number of benzene rings is 2. The highest BCUT2D eigenvalue weighted by Gasteiger charge is 2.32. The summed E-state index contributed by atoms with van der Waals surface area (Å²) in [6.45, 7) is 3.90. The van der Waals surface area contributed by atoms with Gasteiger partial charge >= 0.3 is 0 Å². The van der Waals surface area contributed by atoms with Gasteiger partial charge in [-0.05, 0) is 24.3 Å². The summed E-state index contributed by atoms with van der Waals surface area (Å²) in [6.07, 6.45) is 3.26. The zero-order valence-corrected chi connectivity index (χ0v) is 16.6. The zero-order valence-electron chi connectivity index (χ0n) is 16.6. The molecule has 2 aliphatic heterocycles. The molecule has 0 aliphatic carbocycles. The maximum atomic E-state index is 13.0. The number of allylic oxidation sites excluding steroid dienone is 1. The molecule has 0 unspecified atom stereocenters. The molecule has 0 spiro atoms. The van der Waals surface area contributed by atoms with Crippen molar-refractivity contribution in [2.45, 2.75) is 6.54 Å². The van der Waals surface area contributed by atoms with Gasteiger partial charge in [0.15, 0.2) is 5.76 Å². The van der Waals surface area contributed by atoms with Crippen LogP contribution in [0.4, 0.5) is 5.69 Å². The van der Waals surface area contributed by atoms with E-state index in [0.717, 1.165) is 31.7 Å². The van der Waals surface area contributed by atoms with E-state index >= 15 is 0 Å². The largest absolute Gasteiger partial charge is 0.507 e. The molecule has 1 fully saturated rings. The Morgan fingerprint density at radius 1 is 1.23 bits per heavy atom. The SMILES string of the molecule is O=C1C(=Cc2c[nH]c3ccc([N+](=O)[O-])cc23)Oc2c1ccc(O)c2CN1CCNCC1. The highest BCUT2D eigenvalue weighted by Crippen LogP contribution is 2.40. The molecule has 3 N–H and O–H groups in total. The van der Waals surface area contributed by atoms with Gasteiger partial charge in [-0.2, -0.15) is 0 Å². The number of nitrogens with zero attached hydrogens (tertiary/aromatic N) is 2. The number of nitrogens with one attached hydrogen (secondary N) is 2. The number of H-pyrrole nitrogens is 1. The number of aromatic amines is 1. The quantitative estimate of drug-likeness (QED) is 0.337. The standard InChI is InChI=1S/C22H20N4O5/c27-19-4-2-15-21(28)20(31-22(15)17(19)12-25-7-5-23-6-8-25)9-13-11-24-18-3-1-14(26(29)30)10-16(13)18/h1-4,9-11,23-24,27H,5-8,12H2. The lowest BCUT2D eigenvalue weighted by molar-refractivity contribution is -0.384. The highest BCUT2D eigenvalue weighted by molar-refractivity contribution is 6.15. The smallest absolute Gasteiger partial charge is 0.270 e. The number of carbonyl (C=O) groups is 1. The number of piperazine rings is 1. The number of aromatic hydroxyl groups is 1. The fraction of sp³-hybridized carbons (Fsp3) is 0.227. The van der Waals surface area contributed by atoms with Crippen molar-refractivity contribution in [3.63, 3.8) is 0 Å². The summed E-state index contributed by atoms with van der Waals surface area (Å²) in [5.41, 5.74) is 2.29. The normalized spacial score (nSPS) is 17.8. The molecule has 0 bridgehead atoms. The first kappa shape index (κ1) is 19.3. The minimum absolute atomic E-state index is 0.0306. The summed E-state index contributed by atoms with van der Waals surface area (Å²) in [6, 6.07) is 7.61. The highest BCUT2D eigenvalue weighted by atomic mass is 16.6. The Bertz CT molecular complexity index is 1240. The van der Waals surface area contributed by atoms with Crippen molar-refractivity contribution >= 4 is 28.4 Å². The first-order valence-corrected chi connectivity index (χ1v) is 9.99. The minimum atomic E-state index is -0.457. The number of nitro benzene ring substituents is 1. The molecule has 2 aliphatic rings. The number of ether oxygens (including phenoxy) is 1. The molecule has 31 heavy (non-hydrogen) atoms. The molecule has 2 aromatic carbocycles. The van der Waals surface area contributed by atoms with Crippen LogP contribution in [0.15, 0.2) is 42.3 Å². The molecule has 9 heteroatoms. The third-order valence-corrected chi connectivity index (χ3v) is 5.70. The molecule has 0 amide bonds. The lowest BCUT2D eigenvalue weighted by Gasteiger charge is -2.27. The molecule has 0 saturated carbocycles. The molecule has 3 heterocycles. The van der Waals surface area contributed by atoms with Gasteiger partial charge in [-0.3, -0.25) is 19.8 Å². The Labute approximate surface area is 177 Å². The number of rotatable bonds is 4. The summed E-state index contributed by atoms with van der Waals surface area (Å²) in [4.78, 5) is 28.9. The van der Waals surface area contributed by atoms with E-state index in [1.807, 2.05) is 0 Å². The third kappa shape index (κ3) is 3.43. The molecule has 0 atom stereocenters. The van der Waals surface area contributed by atoms with E-state index in [1.165, 1.54) is 18.2 Å². The van der Waals surface area contributed by atoms with Crippen LogP contribution in [-0.2, 0) is 6.54 Å². The molecule has 158 valence electrons. The van der Waals surface area contributed by atoms with E-state index in [0.29, 0.717) is 34.4 Å². The van der Waals surface area contributed by atoms with E-state index in [9.17, 15) is 20.0 Å². The minimum Gasteiger partial charge on any atom is -0.507 e. The molecule has 1 aromatic heterocycles. The number of fused-ring (bicyclic) bond motifs is 2. The summed E-state index contributed by atoms with van der Waals surface area (Å²) in [7, 11) is 0. The van der Waals surface area contributed by atoms with Gasteiger partial charge < -0.3 is 20.1 Å². The van der Waals surface area contributed by atoms with E-state index in [2.05, 4.69) is 15.2 Å². The fourth-order valence-electron chi connectivity index (χ4n) is 4.05. The topological polar surface area (TPSA) is 121 Å². The van der Waals surface area contributed by atoms with Crippen molar-refractivity contribution in [3.8, 4) is 11.5 Å². The summed E-state index contributed by atoms with van der Waals surface area (Å²) in [5.74, 6) is 0.306. The number of nitro groups is 1. The van der Waals surface area contributed by atoms with Crippen molar-refractivity contribution in [2.75, 3.05) is 26.2 Å². The van der Waals surface area contributed by atoms with Gasteiger partial charge in [0.2, 0.25) is 5.78 Å². The number of ketones is 1. The van der Waals surface area contributed by atoms with Gasteiger partial charge in [0.05, 0.1) is 16.1 Å². The van der Waals surface area contributed by atoms with Crippen LogP contribution in [0.3, 0.4) is 0 Å². The second-order valence-electron chi connectivity index (χ2n) is 7.64. The van der Waals surface area contributed by atoms with Gasteiger partial charge in [0.25, 0.3) is 5.69 Å². The van der Waals surface area contributed by atoms with Crippen LogP contribution in [0.5, 0.6) is 11.5 Å². The van der Waals surface area contributed by atoms with Gasteiger partial charge in [0.1, 0.15) is 11.5 Å². The number of Topliss-reactive ketones (excluding diaryl/α,β-unsaturated/α-hetero) is 1. The summed E-state index contributed by atoms with van der Waals surface area (Å²) < 4.78 is 5.93. The number of phenolic OH excluding ortho intramolecular Hbond substituents is 1. The number of hydrogen-bond donors (Lipinski definition) is 3. The Hall–Kier alpha value is -3.69. The van der Waals surface area contributed by atoms with Crippen molar-refractivity contribution < 1.29 is 19.6 Å².